The van der Waals surface area contributed by atoms with Crippen LogP contribution in [0.5, 0.6) is 0 Å². The van der Waals surface area contributed by atoms with Crippen molar-refractivity contribution in [2.75, 3.05) is 0 Å². The van der Waals surface area contributed by atoms with Crippen LogP contribution in [0.15, 0.2) is 66.7 Å². The highest BCUT2D eigenvalue weighted by Crippen LogP contribution is 2.36. The molecule has 1 heterocycles. The van der Waals surface area contributed by atoms with Gasteiger partial charge in [0.05, 0.1) is 11.4 Å². The molecular formula is C26H21F2N3O. The Kier molecular flexibility index (Phi) is 5.27. The lowest BCUT2D eigenvalue weighted by Crippen LogP contribution is -2.23. The average molecular weight is 429 g/mol. The van der Waals surface area contributed by atoms with E-state index in [0.717, 1.165) is 42.3 Å². The molecule has 3 aromatic carbocycles. The Labute approximate surface area is 184 Å². The van der Waals surface area contributed by atoms with Gasteiger partial charge in [0.2, 0.25) is 0 Å². The second-order valence-electron chi connectivity index (χ2n) is 7.91. The summed E-state index contributed by atoms with van der Waals surface area (Å²) in [6.45, 7) is -0.0868. The molecule has 1 aromatic heterocycles. The molecule has 4 nitrogen and oxygen atoms in total. The van der Waals surface area contributed by atoms with Crippen LogP contribution in [-0.4, -0.2) is 16.1 Å². The molecule has 4 aromatic rings. The second kappa shape index (κ2) is 8.38. The molecule has 0 atom stereocenters. The van der Waals surface area contributed by atoms with Gasteiger partial charge in [0, 0.05) is 34.4 Å². The molecule has 0 spiro atoms. The number of benzene rings is 3. The lowest BCUT2D eigenvalue weighted by molar-refractivity contribution is 0.0950. The fourth-order valence-electron chi connectivity index (χ4n) is 4.25. The monoisotopic (exact) mass is 429 g/mol. The molecule has 32 heavy (non-hydrogen) atoms. The van der Waals surface area contributed by atoms with Gasteiger partial charge in [0.25, 0.3) is 5.91 Å². The van der Waals surface area contributed by atoms with Gasteiger partial charge >= 0.3 is 0 Å². The first-order chi connectivity index (χ1) is 15.6. The number of aromatic nitrogens is 2. The summed E-state index contributed by atoms with van der Waals surface area (Å²) in [5, 5.41) is 10.4. The average Bonchev–Trinajstić information content (AvgIpc) is 3.15. The minimum Gasteiger partial charge on any atom is -0.348 e. The van der Waals surface area contributed by atoms with Crippen LogP contribution in [0.2, 0.25) is 0 Å². The van der Waals surface area contributed by atoms with Gasteiger partial charge in [0.15, 0.2) is 11.6 Å². The van der Waals surface area contributed by atoms with E-state index in [9.17, 15) is 13.6 Å². The smallest absolute Gasteiger partial charge is 0.251 e. The van der Waals surface area contributed by atoms with Gasteiger partial charge < -0.3 is 5.32 Å². The number of fused-ring (bicyclic) bond motifs is 3. The molecule has 0 bridgehead atoms. The van der Waals surface area contributed by atoms with Gasteiger partial charge in [-0.05, 0) is 43.0 Å². The second-order valence-corrected chi connectivity index (χ2v) is 7.91. The van der Waals surface area contributed by atoms with E-state index in [1.165, 1.54) is 28.8 Å². The molecule has 1 amide bonds. The molecule has 0 unspecified atom stereocenters. The predicted molar refractivity (Wildman–Crippen MR) is 119 cm³/mol. The van der Waals surface area contributed by atoms with Crippen molar-refractivity contribution in [2.45, 2.75) is 25.8 Å². The van der Waals surface area contributed by atoms with E-state index in [0.29, 0.717) is 5.56 Å². The summed E-state index contributed by atoms with van der Waals surface area (Å²) in [6, 6.07) is 19.5. The summed E-state index contributed by atoms with van der Waals surface area (Å²) >= 11 is 0. The van der Waals surface area contributed by atoms with Crippen LogP contribution in [0.25, 0.3) is 22.5 Å². The SMILES string of the molecule is O=C(NCc1cccc(F)c1F)c1ccc(-c2n[nH]c3c2CCCc2ccccc2-3)cc1. The molecule has 0 aliphatic heterocycles. The predicted octanol–water partition coefficient (Wildman–Crippen LogP) is 5.44. The Morgan fingerprint density at radius 2 is 1.78 bits per heavy atom. The van der Waals surface area contributed by atoms with E-state index in [4.69, 9.17) is 0 Å². The van der Waals surface area contributed by atoms with Crippen molar-refractivity contribution >= 4 is 5.91 Å². The van der Waals surface area contributed by atoms with E-state index in [1.54, 1.807) is 12.1 Å². The third kappa shape index (κ3) is 3.68. The Morgan fingerprint density at radius 3 is 2.62 bits per heavy atom. The number of aryl methyl sites for hydroxylation is 1. The number of nitrogens with one attached hydrogen (secondary N) is 2. The molecule has 0 radical (unpaired) electrons. The number of hydrogen-bond acceptors (Lipinski definition) is 2. The van der Waals surface area contributed by atoms with Crippen LogP contribution in [0, 0.1) is 11.6 Å². The van der Waals surface area contributed by atoms with Crippen molar-refractivity contribution in [3.05, 3.63) is 101 Å². The van der Waals surface area contributed by atoms with Gasteiger partial charge in [-0.1, -0.05) is 48.5 Å². The van der Waals surface area contributed by atoms with Crippen molar-refractivity contribution in [1.82, 2.24) is 15.5 Å². The number of nitrogens with zero attached hydrogens (tertiary/aromatic N) is 1. The van der Waals surface area contributed by atoms with Crippen LogP contribution in [0.1, 0.15) is 33.5 Å². The number of H-pyrrole nitrogens is 1. The van der Waals surface area contributed by atoms with E-state index < -0.39 is 11.6 Å². The molecule has 0 fully saturated rings. The quantitative estimate of drug-likeness (QED) is 0.454. The van der Waals surface area contributed by atoms with Crippen molar-refractivity contribution in [2.24, 2.45) is 0 Å². The molecule has 5 rings (SSSR count). The number of carbonyl (C=O) groups excluding carboxylic acids is 1. The van der Waals surface area contributed by atoms with Crippen LogP contribution in [0.3, 0.4) is 0 Å². The van der Waals surface area contributed by atoms with Crippen molar-refractivity contribution in [1.29, 1.82) is 0 Å². The number of aromatic amines is 1. The Morgan fingerprint density at radius 1 is 0.969 bits per heavy atom. The highest BCUT2D eigenvalue weighted by Gasteiger charge is 2.21. The summed E-state index contributed by atoms with van der Waals surface area (Å²) in [7, 11) is 0. The van der Waals surface area contributed by atoms with Gasteiger partial charge in [-0.15, -0.1) is 0 Å². The molecule has 6 heteroatoms. The van der Waals surface area contributed by atoms with Crippen LogP contribution in [-0.2, 0) is 19.4 Å². The van der Waals surface area contributed by atoms with E-state index in [1.807, 2.05) is 18.2 Å². The number of amides is 1. The van der Waals surface area contributed by atoms with Crippen LogP contribution < -0.4 is 5.32 Å². The van der Waals surface area contributed by atoms with Crippen molar-refractivity contribution < 1.29 is 13.6 Å². The zero-order chi connectivity index (χ0) is 22.1. The standard InChI is InChI=1S/C26H21F2N3O/c27-22-10-4-7-19(23(22)28)15-29-26(32)18-13-11-17(12-14-18)24-21-9-3-6-16-5-1-2-8-20(16)25(21)31-30-24/h1-2,4-5,7-8,10-14H,3,6,9,15H2,(H,29,32)(H,30,31). The zero-order valence-electron chi connectivity index (χ0n) is 17.3. The summed E-state index contributed by atoms with van der Waals surface area (Å²) < 4.78 is 27.1. The largest absolute Gasteiger partial charge is 0.348 e. The summed E-state index contributed by atoms with van der Waals surface area (Å²) in [6.07, 6.45) is 3.01. The maximum atomic E-state index is 13.8. The van der Waals surface area contributed by atoms with Crippen molar-refractivity contribution in [3.8, 4) is 22.5 Å². The van der Waals surface area contributed by atoms with E-state index in [2.05, 4.69) is 33.7 Å². The number of hydrogen-bond donors (Lipinski definition) is 2. The van der Waals surface area contributed by atoms with E-state index >= 15 is 0 Å². The lowest BCUT2D eigenvalue weighted by atomic mass is 9.99. The minimum atomic E-state index is -0.941. The first-order valence-corrected chi connectivity index (χ1v) is 10.6. The fourth-order valence-corrected chi connectivity index (χ4v) is 4.25. The zero-order valence-corrected chi connectivity index (χ0v) is 17.3. The van der Waals surface area contributed by atoms with Crippen LogP contribution in [0.4, 0.5) is 8.78 Å². The molecular weight excluding hydrogens is 408 g/mol. The summed E-state index contributed by atoms with van der Waals surface area (Å²) in [5.41, 5.74) is 7.13. The highest BCUT2D eigenvalue weighted by atomic mass is 19.2. The molecule has 0 saturated heterocycles. The topological polar surface area (TPSA) is 57.8 Å². The number of halogens is 2. The van der Waals surface area contributed by atoms with Gasteiger partial charge in [-0.2, -0.15) is 5.10 Å². The molecule has 2 N–H and O–H groups in total. The fraction of sp³-hybridized carbons (Fsp3) is 0.154. The van der Waals surface area contributed by atoms with Gasteiger partial charge in [-0.3, -0.25) is 9.89 Å². The molecule has 0 saturated carbocycles. The first kappa shape index (κ1) is 20.1. The third-order valence-corrected chi connectivity index (χ3v) is 5.92. The van der Waals surface area contributed by atoms with Gasteiger partial charge in [0.1, 0.15) is 0 Å². The number of rotatable bonds is 4. The Balaban J connectivity index is 1.35. The molecule has 160 valence electrons. The normalized spacial score (nSPS) is 12.6. The first-order valence-electron chi connectivity index (χ1n) is 10.6. The maximum Gasteiger partial charge on any atom is 0.251 e. The third-order valence-electron chi connectivity index (χ3n) is 5.92. The maximum absolute atomic E-state index is 13.8. The van der Waals surface area contributed by atoms with Crippen LogP contribution >= 0.6 is 0 Å². The minimum absolute atomic E-state index is 0.0868. The number of carbonyl (C=O) groups is 1. The summed E-state index contributed by atoms with van der Waals surface area (Å²) in [4.78, 5) is 12.5. The Hall–Kier alpha value is -3.80. The Bertz CT molecular complexity index is 1290. The highest BCUT2D eigenvalue weighted by molar-refractivity contribution is 5.94. The van der Waals surface area contributed by atoms with Crippen molar-refractivity contribution in [3.63, 3.8) is 0 Å². The lowest BCUT2D eigenvalue weighted by Gasteiger charge is -2.08. The molecule has 1 aliphatic carbocycles. The van der Waals surface area contributed by atoms with Gasteiger partial charge in [-0.25, -0.2) is 8.78 Å². The summed E-state index contributed by atoms with van der Waals surface area (Å²) in [5.74, 6) is -2.22. The van der Waals surface area contributed by atoms with E-state index in [-0.39, 0.29) is 18.0 Å². The molecule has 1 aliphatic rings.